The van der Waals surface area contributed by atoms with E-state index in [2.05, 4.69) is 20.6 Å². The summed E-state index contributed by atoms with van der Waals surface area (Å²) < 4.78 is 5.65. The third-order valence-electron chi connectivity index (χ3n) is 3.96. The number of amides is 1. The average molecular weight is 376 g/mol. The fraction of sp³-hybridized carbons (Fsp3) is 0.227. The summed E-state index contributed by atoms with van der Waals surface area (Å²) in [7, 11) is 0. The van der Waals surface area contributed by atoms with Crippen LogP contribution >= 0.6 is 0 Å². The summed E-state index contributed by atoms with van der Waals surface area (Å²) in [5, 5.41) is 6.11. The summed E-state index contributed by atoms with van der Waals surface area (Å²) in [6.45, 7) is 7.68. The number of carbonyl (C=O) groups is 1. The van der Waals surface area contributed by atoms with Crippen LogP contribution < -0.4 is 15.4 Å². The Bertz CT molecular complexity index is 969. The molecule has 0 aliphatic carbocycles. The number of rotatable bonds is 6. The highest BCUT2D eigenvalue weighted by Crippen LogP contribution is 2.21. The van der Waals surface area contributed by atoms with Crippen LogP contribution in [0, 0.1) is 13.8 Å². The third kappa shape index (κ3) is 5.07. The van der Waals surface area contributed by atoms with Gasteiger partial charge in [-0.25, -0.2) is 9.97 Å². The first-order valence-electron chi connectivity index (χ1n) is 9.17. The van der Waals surface area contributed by atoms with Crippen molar-refractivity contribution in [3.8, 4) is 5.75 Å². The maximum Gasteiger partial charge on any atom is 0.274 e. The summed E-state index contributed by atoms with van der Waals surface area (Å²) in [5.41, 5.74) is 2.90. The lowest BCUT2D eigenvalue weighted by Crippen LogP contribution is -2.16. The molecule has 2 aromatic carbocycles. The Morgan fingerprint density at radius 2 is 1.71 bits per heavy atom. The minimum Gasteiger partial charge on any atom is -0.491 e. The van der Waals surface area contributed by atoms with Crippen LogP contribution in [0.5, 0.6) is 5.75 Å². The van der Waals surface area contributed by atoms with Crippen molar-refractivity contribution in [2.24, 2.45) is 0 Å². The smallest absolute Gasteiger partial charge is 0.274 e. The summed E-state index contributed by atoms with van der Waals surface area (Å²) in [5.74, 6) is 1.60. The van der Waals surface area contributed by atoms with Gasteiger partial charge in [-0.3, -0.25) is 4.79 Å². The van der Waals surface area contributed by atoms with E-state index < -0.39 is 0 Å². The first-order chi connectivity index (χ1) is 13.4. The third-order valence-corrected chi connectivity index (χ3v) is 3.96. The molecule has 0 saturated carbocycles. The van der Waals surface area contributed by atoms with Gasteiger partial charge in [-0.05, 0) is 63.6 Å². The number of carbonyl (C=O) groups excluding carboxylic acids is 1. The zero-order chi connectivity index (χ0) is 20.1. The van der Waals surface area contributed by atoms with Gasteiger partial charge in [-0.2, -0.15) is 0 Å². The number of aryl methyl sites for hydroxylation is 2. The molecule has 1 amide bonds. The van der Waals surface area contributed by atoms with E-state index >= 15 is 0 Å². The van der Waals surface area contributed by atoms with Crippen molar-refractivity contribution < 1.29 is 9.53 Å². The summed E-state index contributed by atoms with van der Waals surface area (Å²) in [6, 6.07) is 16.8. The Morgan fingerprint density at radius 1 is 1.00 bits per heavy atom. The summed E-state index contributed by atoms with van der Waals surface area (Å²) >= 11 is 0. The Kier molecular flexibility index (Phi) is 5.89. The van der Waals surface area contributed by atoms with Crippen molar-refractivity contribution in [1.82, 2.24) is 9.97 Å². The predicted octanol–water partition coefficient (Wildman–Crippen LogP) is 4.88. The molecule has 0 aliphatic heterocycles. The molecule has 2 N–H and O–H groups in total. The molecule has 1 aromatic heterocycles. The van der Waals surface area contributed by atoms with Gasteiger partial charge in [0, 0.05) is 17.4 Å². The molecule has 6 nitrogen and oxygen atoms in total. The lowest BCUT2D eigenvalue weighted by molar-refractivity contribution is 0.102. The highest BCUT2D eigenvalue weighted by molar-refractivity contribution is 6.03. The van der Waals surface area contributed by atoms with E-state index in [1.165, 1.54) is 0 Å². The van der Waals surface area contributed by atoms with Crippen molar-refractivity contribution in [3.63, 3.8) is 0 Å². The molecular weight excluding hydrogens is 352 g/mol. The minimum atomic E-state index is -0.275. The molecule has 0 saturated heterocycles. The van der Waals surface area contributed by atoms with Crippen LogP contribution in [-0.2, 0) is 0 Å². The number of ether oxygens (including phenoxy) is 1. The second-order valence-electron chi connectivity index (χ2n) is 6.77. The molecule has 144 valence electrons. The molecule has 0 atom stereocenters. The highest BCUT2D eigenvalue weighted by Gasteiger charge is 2.12. The van der Waals surface area contributed by atoms with Gasteiger partial charge in [0.05, 0.1) is 6.10 Å². The Labute approximate surface area is 165 Å². The Balaban J connectivity index is 1.76. The first kappa shape index (κ1) is 19.4. The van der Waals surface area contributed by atoms with Crippen LogP contribution in [0.25, 0.3) is 0 Å². The molecule has 6 heteroatoms. The van der Waals surface area contributed by atoms with Crippen LogP contribution in [0.1, 0.15) is 35.7 Å². The molecule has 3 rings (SSSR count). The number of anilines is 3. The van der Waals surface area contributed by atoms with E-state index in [1.54, 1.807) is 13.0 Å². The van der Waals surface area contributed by atoms with Crippen LogP contribution in [0.15, 0.2) is 54.6 Å². The molecule has 0 bridgehead atoms. The van der Waals surface area contributed by atoms with Crippen LogP contribution in [0.3, 0.4) is 0 Å². The molecule has 3 aromatic rings. The Hall–Kier alpha value is -3.41. The fourth-order valence-electron chi connectivity index (χ4n) is 2.68. The van der Waals surface area contributed by atoms with E-state index in [0.29, 0.717) is 17.3 Å². The van der Waals surface area contributed by atoms with E-state index in [4.69, 9.17) is 4.74 Å². The van der Waals surface area contributed by atoms with Crippen molar-refractivity contribution >= 4 is 23.1 Å². The van der Waals surface area contributed by atoms with E-state index in [1.807, 2.05) is 69.3 Å². The number of benzene rings is 2. The zero-order valence-electron chi connectivity index (χ0n) is 16.5. The van der Waals surface area contributed by atoms with Crippen molar-refractivity contribution in [2.75, 3.05) is 10.6 Å². The largest absolute Gasteiger partial charge is 0.491 e. The highest BCUT2D eigenvalue weighted by atomic mass is 16.5. The molecule has 0 spiro atoms. The monoisotopic (exact) mass is 376 g/mol. The topological polar surface area (TPSA) is 76.1 Å². The maximum absolute atomic E-state index is 12.6. The quantitative estimate of drug-likeness (QED) is 0.641. The standard InChI is InChI=1S/C22H24N4O2/c1-14(2)28-18-11-9-17(10-12-18)25-21-13-20(23-16(4)24-21)22(27)26-19-8-6-5-7-15(19)3/h5-14H,1-4H3,(H,26,27)(H,23,24,25). The zero-order valence-corrected chi connectivity index (χ0v) is 16.5. The molecule has 0 unspecified atom stereocenters. The van der Waals surface area contributed by atoms with Gasteiger partial charge in [0.2, 0.25) is 0 Å². The van der Waals surface area contributed by atoms with Gasteiger partial charge >= 0.3 is 0 Å². The van der Waals surface area contributed by atoms with E-state index in [0.717, 1.165) is 22.7 Å². The van der Waals surface area contributed by atoms with Gasteiger partial charge < -0.3 is 15.4 Å². The molecule has 0 aliphatic rings. The Morgan fingerprint density at radius 3 is 2.39 bits per heavy atom. The van der Waals surface area contributed by atoms with Gasteiger partial charge in [0.1, 0.15) is 23.1 Å². The van der Waals surface area contributed by atoms with E-state index in [9.17, 15) is 4.79 Å². The molecule has 0 radical (unpaired) electrons. The lowest BCUT2D eigenvalue weighted by atomic mass is 10.2. The molecular formula is C22H24N4O2. The van der Waals surface area contributed by atoms with Gasteiger partial charge in [-0.1, -0.05) is 18.2 Å². The van der Waals surface area contributed by atoms with Crippen LogP contribution in [-0.4, -0.2) is 22.0 Å². The maximum atomic E-state index is 12.6. The van der Waals surface area contributed by atoms with Crippen LogP contribution in [0.2, 0.25) is 0 Å². The average Bonchev–Trinajstić information content (AvgIpc) is 2.64. The normalized spacial score (nSPS) is 10.6. The number of para-hydroxylation sites is 1. The molecule has 0 fully saturated rings. The summed E-state index contributed by atoms with van der Waals surface area (Å²) in [6.07, 6.45) is 0.123. The second kappa shape index (κ2) is 8.52. The predicted molar refractivity (Wildman–Crippen MR) is 111 cm³/mol. The van der Waals surface area contributed by atoms with E-state index in [-0.39, 0.29) is 12.0 Å². The molecule has 28 heavy (non-hydrogen) atoms. The lowest BCUT2D eigenvalue weighted by Gasteiger charge is -2.12. The number of hydrogen-bond acceptors (Lipinski definition) is 5. The number of aromatic nitrogens is 2. The first-order valence-corrected chi connectivity index (χ1v) is 9.17. The van der Waals surface area contributed by atoms with Gasteiger partial charge in [-0.15, -0.1) is 0 Å². The van der Waals surface area contributed by atoms with Crippen LogP contribution in [0.4, 0.5) is 17.2 Å². The minimum absolute atomic E-state index is 0.123. The van der Waals surface area contributed by atoms with Gasteiger partial charge in [0.15, 0.2) is 0 Å². The fourth-order valence-corrected chi connectivity index (χ4v) is 2.68. The molecule has 1 heterocycles. The second-order valence-corrected chi connectivity index (χ2v) is 6.77. The number of hydrogen-bond donors (Lipinski definition) is 2. The van der Waals surface area contributed by atoms with Crippen molar-refractivity contribution in [2.45, 2.75) is 33.8 Å². The SMILES string of the molecule is Cc1nc(Nc2ccc(OC(C)C)cc2)cc(C(=O)Nc2ccccc2C)n1. The number of nitrogens with one attached hydrogen (secondary N) is 2. The van der Waals surface area contributed by atoms with Crippen molar-refractivity contribution in [3.05, 3.63) is 71.7 Å². The number of nitrogens with zero attached hydrogens (tertiary/aromatic N) is 2. The van der Waals surface area contributed by atoms with Gasteiger partial charge in [0.25, 0.3) is 5.91 Å². The van der Waals surface area contributed by atoms with Crippen molar-refractivity contribution in [1.29, 1.82) is 0 Å². The summed E-state index contributed by atoms with van der Waals surface area (Å²) in [4.78, 5) is 21.3.